The Kier molecular flexibility index (Phi) is 11.0. The molecular formula is C35H44BrF3N6O4. The van der Waals surface area contributed by atoms with E-state index in [1.165, 1.54) is 12.1 Å². The van der Waals surface area contributed by atoms with Gasteiger partial charge in [-0.15, -0.1) is 0 Å². The Morgan fingerprint density at radius 3 is 2.22 bits per heavy atom. The van der Waals surface area contributed by atoms with Gasteiger partial charge in [-0.1, -0.05) is 40.2 Å². The molecule has 0 bridgehead atoms. The minimum Gasteiger partial charge on any atom is -0.436 e. The number of urea groups is 1. The predicted octanol–water partition coefficient (Wildman–Crippen LogP) is 5.31. The van der Waals surface area contributed by atoms with Crippen molar-refractivity contribution < 1.29 is 32.3 Å². The number of piperazine rings is 1. The van der Waals surface area contributed by atoms with Crippen LogP contribution in [0.25, 0.3) is 0 Å². The zero-order valence-corrected chi connectivity index (χ0v) is 29.3. The lowest BCUT2D eigenvalue weighted by atomic mass is 10.00. The lowest BCUT2D eigenvalue weighted by molar-refractivity contribution is -0.142. The summed E-state index contributed by atoms with van der Waals surface area (Å²) in [4.78, 5) is 50.5. The summed E-state index contributed by atoms with van der Waals surface area (Å²) in [5.74, 6) is -0.336. The van der Waals surface area contributed by atoms with Gasteiger partial charge in [0, 0.05) is 87.6 Å². The molecule has 0 unspecified atom stereocenters. The van der Waals surface area contributed by atoms with Crippen LogP contribution in [0.15, 0.2) is 46.9 Å². The fourth-order valence-electron chi connectivity index (χ4n) is 7.45. The number of carbonyl (C=O) groups is 3. The Labute approximate surface area is 293 Å². The molecule has 1 N–H and O–H groups in total. The van der Waals surface area contributed by atoms with Gasteiger partial charge in [-0.25, -0.2) is 9.59 Å². The molecule has 14 heteroatoms. The number of anilines is 1. The number of hydrogen-bond donors (Lipinski definition) is 1. The summed E-state index contributed by atoms with van der Waals surface area (Å²) in [6.45, 7) is 6.32. The molecule has 6 rings (SSSR count). The molecule has 4 heterocycles. The summed E-state index contributed by atoms with van der Waals surface area (Å²) in [5.41, 5.74) is 1.53. The normalized spacial score (nSPS) is 21.2. The molecule has 0 spiro atoms. The van der Waals surface area contributed by atoms with E-state index in [9.17, 15) is 27.6 Å². The molecule has 266 valence electrons. The molecule has 3 fully saturated rings. The van der Waals surface area contributed by atoms with Gasteiger partial charge in [-0.3, -0.25) is 9.69 Å². The van der Waals surface area contributed by atoms with E-state index in [-0.39, 0.29) is 28.9 Å². The molecule has 10 nitrogen and oxygen atoms in total. The van der Waals surface area contributed by atoms with Gasteiger partial charge in [0.05, 0.1) is 5.56 Å². The first-order valence-corrected chi connectivity index (χ1v) is 17.9. The van der Waals surface area contributed by atoms with Crippen molar-refractivity contribution in [1.29, 1.82) is 0 Å². The van der Waals surface area contributed by atoms with Crippen LogP contribution in [0.1, 0.15) is 42.4 Å². The molecule has 4 aliphatic rings. The molecule has 3 saturated heterocycles. The summed E-state index contributed by atoms with van der Waals surface area (Å²) in [5, 5.41) is 3.00. The van der Waals surface area contributed by atoms with Crippen LogP contribution in [0.3, 0.4) is 0 Å². The maximum Gasteiger partial charge on any atom is 0.417 e. The first-order chi connectivity index (χ1) is 23.5. The number of likely N-dealkylation sites (tertiary alicyclic amines) is 2. The number of piperidine rings is 2. The van der Waals surface area contributed by atoms with Crippen LogP contribution in [0, 0.1) is 0 Å². The average Bonchev–Trinajstić information content (AvgIpc) is 3.25. The van der Waals surface area contributed by atoms with Crippen molar-refractivity contribution in [1.82, 2.24) is 24.5 Å². The minimum atomic E-state index is -4.53. The highest BCUT2D eigenvalue weighted by Crippen LogP contribution is 2.35. The maximum atomic E-state index is 13.9. The van der Waals surface area contributed by atoms with Crippen molar-refractivity contribution in [3.05, 3.63) is 63.6 Å². The zero-order valence-electron chi connectivity index (χ0n) is 27.8. The highest BCUT2D eigenvalue weighted by atomic mass is 79.9. The molecule has 1 atom stereocenters. The van der Waals surface area contributed by atoms with Crippen LogP contribution in [0.2, 0.25) is 0 Å². The number of nitrogens with zero attached hydrogens (tertiary/aromatic N) is 5. The van der Waals surface area contributed by atoms with Gasteiger partial charge in [-0.05, 0) is 68.5 Å². The quantitative estimate of drug-likeness (QED) is 0.431. The number of nitrogens with one attached hydrogen (secondary N) is 1. The van der Waals surface area contributed by atoms with Gasteiger partial charge >= 0.3 is 18.3 Å². The first kappa shape index (κ1) is 35.5. The first-order valence-electron chi connectivity index (χ1n) is 17.1. The number of alkyl halides is 3. The highest BCUT2D eigenvalue weighted by molar-refractivity contribution is 9.10. The topological polar surface area (TPSA) is 88.7 Å². The van der Waals surface area contributed by atoms with Crippen molar-refractivity contribution in [2.45, 2.75) is 62.9 Å². The number of ether oxygens (including phenoxy) is 1. The van der Waals surface area contributed by atoms with Crippen LogP contribution in [0.5, 0.6) is 0 Å². The van der Waals surface area contributed by atoms with E-state index in [1.54, 1.807) is 9.80 Å². The summed E-state index contributed by atoms with van der Waals surface area (Å²) in [7, 11) is 2.12. The number of likely N-dealkylation sites (N-methyl/N-ethyl adjacent to an activating group) is 1. The molecule has 2 aromatic rings. The molecule has 49 heavy (non-hydrogen) atoms. The van der Waals surface area contributed by atoms with Gasteiger partial charge in [0.2, 0.25) is 0 Å². The number of halogens is 4. The molecule has 0 aliphatic carbocycles. The van der Waals surface area contributed by atoms with Crippen molar-refractivity contribution >= 4 is 39.6 Å². The number of carbonyl (C=O) groups excluding carboxylic acids is 3. The predicted molar refractivity (Wildman–Crippen MR) is 182 cm³/mol. The van der Waals surface area contributed by atoms with E-state index in [4.69, 9.17) is 4.74 Å². The van der Waals surface area contributed by atoms with Crippen LogP contribution in [-0.4, -0.2) is 127 Å². The molecule has 2 aromatic carbocycles. The monoisotopic (exact) mass is 748 g/mol. The Morgan fingerprint density at radius 2 is 1.55 bits per heavy atom. The molecule has 4 aliphatic heterocycles. The lowest BCUT2D eigenvalue weighted by Gasteiger charge is -2.42. The van der Waals surface area contributed by atoms with Crippen LogP contribution in [-0.2, 0) is 28.5 Å². The van der Waals surface area contributed by atoms with Gasteiger partial charge in [-0.2, -0.15) is 13.2 Å². The second kappa shape index (κ2) is 15.3. The fourth-order valence-corrected chi connectivity index (χ4v) is 8.10. The highest BCUT2D eigenvalue weighted by Gasteiger charge is 2.37. The van der Waals surface area contributed by atoms with E-state index in [0.29, 0.717) is 57.2 Å². The van der Waals surface area contributed by atoms with Crippen LogP contribution in [0.4, 0.5) is 28.4 Å². The third-order valence-corrected chi connectivity index (χ3v) is 11.1. The van der Waals surface area contributed by atoms with Gasteiger partial charge in [0.15, 0.2) is 6.10 Å². The zero-order chi connectivity index (χ0) is 34.7. The summed E-state index contributed by atoms with van der Waals surface area (Å²) >= 11 is 3.03. The number of rotatable bonds is 6. The SMILES string of the molecule is CN1CCN(C2CCN(C(=O)[C@@H](Cc3ccc(C(F)(F)F)c(Br)c3)OC(=O)N3CCC(N4CCc5ccccc5NC4=O)CC3)CC2)CC1. The van der Waals surface area contributed by atoms with Crippen LogP contribution < -0.4 is 5.32 Å². The maximum absolute atomic E-state index is 13.9. The number of para-hydroxylation sites is 1. The van der Waals surface area contributed by atoms with Crippen molar-refractivity contribution in [2.24, 2.45) is 0 Å². The fraction of sp³-hybridized carbons (Fsp3) is 0.571. The Balaban J connectivity index is 1.09. The summed E-state index contributed by atoms with van der Waals surface area (Å²) in [6, 6.07) is 11.6. The second-order valence-corrected chi connectivity index (χ2v) is 14.4. The van der Waals surface area contributed by atoms with E-state index < -0.39 is 23.9 Å². The standard InChI is InChI=1S/C35H44BrF3N6O4/c1-41-18-20-42(21-19-41)26-9-13-43(14-10-26)32(46)31(23-24-6-7-28(29(36)22-24)35(37,38)39)49-34(48)44-15-11-27(12-16-44)45-17-8-25-4-2-3-5-30(25)40-33(45)47/h2-7,22,26-27,31H,8-21,23H2,1H3,(H,40,47)/t31-/m1/s1. The third kappa shape index (κ3) is 8.51. The minimum absolute atomic E-state index is 0.0509. The Morgan fingerprint density at radius 1 is 0.898 bits per heavy atom. The third-order valence-electron chi connectivity index (χ3n) is 10.4. The van der Waals surface area contributed by atoms with Gasteiger partial charge in [0.1, 0.15) is 0 Å². The van der Waals surface area contributed by atoms with Crippen molar-refractivity contribution in [2.75, 3.05) is 71.3 Å². The Bertz CT molecular complexity index is 1500. The second-order valence-electron chi connectivity index (χ2n) is 13.5. The smallest absolute Gasteiger partial charge is 0.417 e. The van der Waals surface area contributed by atoms with E-state index in [0.717, 1.165) is 62.8 Å². The number of hydrogen-bond acceptors (Lipinski definition) is 6. The van der Waals surface area contributed by atoms with Gasteiger partial charge in [0.25, 0.3) is 5.91 Å². The molecular weight excluding hydrogens is 705 g/mol. The van der Waals surface area contributed by atoms with E-state index >= 15 is 0 Å². The molecule has 0 radical (unpaired) electrons. The van der Waals surface area contributed by atoms with E-state index in [1.807, 2.05) is 29.2 Å². The molecule has 4 amide bonds. The van der Waals surface area contributed by atoms with Gasteiger partial charge < -0.3 is 29.7 Å². The van der Waals surface area contributed by atoms with Crippen molar-refractivity contribution in [3.63, 3.8) is 0 Å². The number of amides is 4. The largest absolute Gasteiger partial charge is 0.436 e. The summed E-state index contributed by atoms with van der Waals surface area (Å²) in [6.07, 6.45) is -2.94. The Hall–Kier alpha value is -3.36. The number of fused-ring (bicyclic) bond motifs is 1. The molecule has 0 saturated carbocycles. The number of benzene rings is 2. The molecule has 0 aromatic heterocycles. The lowest BCUT2D eigenvalue weighted by Crippen LogP contribution is -2.54. The van der Waals surface area contributed by atoms with E-state index in [2.05, 4.69) is 38.1 Å². The van der Waals surface area contributed by atoms with Crippen molar-refractivity contribution in [3.8, 4) is 0 Å². The summed E-state index contributed by atoms with van der Waals surface area (Å²) < 4.78 is 46.1. The van der Waals surface area contributed by atoms with Crippen LogP contribution >= 0.6 is 15.9 Å². The average molecular weight is 750 g/mol.